The number of carbonyl (C=O) groups is 3. The number of likely N-dealkylation sites (tertiary alicyclic amines) is 1. The number of hydrogen-bond donors (Lipinski definition) is 3. The Kier molecular flexibility index (Phi) is 6.30. The van der Waals surface area contributed by atoms with E-state index >= 15 is 0 Å². The number of carboxylic acids is 1. The van der Waals surface area contributed by atoms with Crippen LogP contribution in [0, 0.1) is 0 Å². The van der Waals surface area contributed by atoms with E-state index in [0.717, 1.165) is 0 Å². The van der Waals surface area contributed by atoms with Crippen molar-refractivity contribution in [3.63, 3.8) is 0 Å². The Morgan fingerprint density at radius 2 is 1.89 bits per heavy atom. The molecular weight excluding hydrogens is 352 g/mol. The Bertz CT molecular complexity index is 695. The number of carboxylic acid groups (broad SMARTS) is 1. The van der Waals surface area contributed by atoms with Gasteiger partial charge >= 0.3 is 12.1 Å². The van der Waals surface area contributed by atoms with Gasteiger partial charge in [-0.25, -0.2) is 9.59 Å². The summed E-state index contributed by atoms with van der Waals surface area (Å²) in [7, 11) is 0. The molecule has 1 fully saturated rings. The minimum absolute atomic E-state index is 0.0700. The van der Waals surface area contributed by atoms with Crippen LogP contribution in [-0.4, -0.2) is 57.3 Å². The number of amides is 2. The fraction of sp³-hybridized carbons (Fsp3) is 0.526. The molecular formula is C19H26N2O6. The van der Waals surface area contributed by atoms with Crippen molar-refractivity contribution in [1.82, 2.24) is 10.2 Å². The molecule has 1 aliphatic heterocycles. The molecule has 148 valence electrons. The van der Waals surface area contributed by atoms with Gasteiger partial charge in [-0.15, -0.1) is 0 Å². The van der Waals surface area contributed by atoms with Gasteiger partial charge in [0.1, 0.15) is 23.4 Å². The number of rotatable bonds is 5. The second-order valence-electron chi connectivity index (χ2n) is 7.60. The van der Waals surface area contributed by atoms with Crippen LogP contribution in [0.2, 0.25) is 0 Å². The molecule has 1 aromatic carbocycles. The van der Waals surface area contributed by atoms with Crippen molar-refractivity contribution < 1.29 is 29.3 Å². The Labute approximate surface area is 158 Å². The molecule has 2 rings (SSSR count). The SMILES string of the molecule is CC(C)(C)OC(=O)N1CCCC1C(=O)NC(Cc1ccc(O)cc1)C(=O)O. The molecule has 1 heterocycles. The summed E-state index contributed by atoms with van der Waals surface area (Å²) in [6.45, 7) is 5.62. The summed E-state index contributed by atoms with van der Waals surface area (Å²) >= 11 is 0. The summed E-state index contributed by atoms with van der Waals surface area (Å²) in [6, 6.07) is 4.22. The maximum Gasteiger partial charge on any atom is 0.410 e. The van der Waals surface area contributed by atoms with Crippen LogP contribution >= 0.6 is 0 Å². The van der Waals surface area contributed by atoms with Crippen LogP contribution in [0.4, 0.5) is 4.79 Å². The standard InChI is InChI=1S/C19H26N2O6/c1-19(2,3)27-18(26)21-10-4-5-15(21)16(23)20-14(17(24)25)11-12-6-8-13(22)9-7-12/h6-9,14-15,22H,4-5,10-11H2,1-3H3,(H,20,23)(H,24,25). The third-order valence-electron chi connectivity index (χ3n) is 4.17. The van der Waals surface area contributed by atoms with Crippen LogP contribution in [0.1, 0.15) is 39.2 Å². The lowest BCUT2D eigenvalue weighted by atomic mass is 10.0. The number of hydrogen-bond acceptors (Lipinski definition) is 5. The number of benzene rings is 1. The first kappa shape index (κ1) is 20.5. The van der Waals surface area contributed by atoms with Crippen molar-refractivity contribution in [1.29, 1.82) is 0 Å². The first-order chi connectivity index (χ1) is 12.6. The van der Waals surface area contributed by atoms with E-state index in [2.05, 4.69) is 5.32 Å². The molecule has 2 unspecified atom stereocenters. The summed E-state index contributed by atoms with van der Waals surface area (Å²) in [6.07, 6.45) is 0.593. The van der Waals surface area contributed by atoms with E-state index in [1.165, 1.54) is 17.0 Å². The molecule has 0 spiro atoms. The van der Waals surface area contributed by atoms with E-state index < -0.39 is 35.7 Å². The highest BCUT2D eigenvalue weighted by molar-refractivity contribution is 5.89. The highest BCUT2D eigenvalue weighted by Gasteiger charge is 2.37. The quantitative estimate of drug-likeness (QED) is 0.721. The lowest BCUT2D eigenvalue weighted by Gasteiger charge is -2.28. The highest BCUT2D eigenvalue weighted by Crippen LogP contribution is 2.21. The van der Waals surface area contributed by atoms with Gasteiger partial charge in [0.15, 0.2) is 0 Å². The smallest absolute Gasteiger partial charge is 0.410 e. The van der Waals surface area contributed by atoms with Crippen molar-refractivity contribution in [2.45, 2.75) is 57.7 Å². The number of phenolic OH excluding ortho intramolecular Hbond substituents is 1. The number of nitrogens with one attached hydrogen (secondary N) is 1. The minimum Gasteiger partial charge on any atom is -0.508 e. The first-order valence-electron chi connectivity index (χ1n) is 8.87. The number of phenols is 1. The predicted octanol–water partition coefficient (Wildman–Crippen LogP) is 1.90. The lowest BCUT2D eigenvalue weighted by molar-refractivity contribution is -0.142. The van der Waals surface area contributed by atoms with Crippen LogP contribution in [0.15, 0.2) is 24.3 Å². The number of carbonyl (C=O) groups excluding carboxylic acids is 2. The van der Waals surface area contributed by atoms with Crippen molar-refractivity contribution in [2.75, 3.05) is 6.54 Å². The summed E-state index contributed by atoms with van der Waals surface area (Å²) in [4.78, 5) is 37.8. The van der Waals surface area contributed by atoms with Crippen LogP contribution < -0.4 is 5.32 Å². The Morgan fingerprint density at radius 1 is 1.26 bits per heavy atom. The van der Waals surface area contributed by atoms with Gasteiger partial charge in [0.05, 0.1) is 0 Å². The fourth-order valence-corrected chi connectivity index (χ4v) is 2.91. The van der Waals surface area contributed by atoms with E-state index in [4.69, 9.17) is 4.74 Å². The lowest BCUT2D eigenvalue weighted by Crippen LogP contribution is -2.52. The van der Waals surface area contributed by atoms with Gasteiger partial charge in [-0.1, -0.05) is 12.1 Å². The van der Waals surface area contributed by atoms with Gasteiger partial charge in [-0.3, -0.25) is 9.69 Å². The maximum absolute atomic E-state index is 12.6. The van der Waals surface area contributed by atoms with Crippen LogP contribution in [0.25, 0.3) is 0 Å². The zero-order valence-corrected chi connectivity index (χ0v) is 15.8. The molecule has 27 heavy (non-hydrogen) atoms. The topological polar surface area (TPSA) is 116 Å². The number of aliphatic carboxylic acids is 1. The van der Waals surface area contributed by atoms with Crippen molar-refractivity contribution in [2.24, 2.45) is 0 Å². The first-order valence-corrected chi connectivity index (χ1v) is 8.87. The predicted molar refractivity (Wildman–Crippen MR) is 97.3 cm³/mol. The van der Waals surface area contributed by atoms with Gasteiger partial charge in [0, 0.05) is 13.0 Å². The van der Waals surface area contributed by atoms with Crippen LogP contribution in [-0.2, 0) is 20.7 Å². The van der Waals surface area contributed by atoms with Gasteiger partial charge in [-0.2, -0.15) is 0 Å². The molecule has 1 aromatic rings. The van der Waals surface area contributed by atoms with Gasteiger partial charge in [0.25, 0.3) is 0 Å². The van der Waals surface area contributed by atoms with E-state index in [1.54, 1.807) is 32.9 Å². The monoisotopic (exact) mass is 378 g/mol. The molecule has 8 heteroatoms. The van der Waals surface area contributed by atoms with Crippen molar-refractivity contribution >= 4 is 18.0 Å². The second kappa shape index (κ2) is 8.28. The van der Waals surface area contributed by atoms with E-state index in [9.17, 15) is 24.6 Å². The fourth-order valence-electron chi connectivity index (χ4n) is 2.91. The van der Waals surface area contributed by atoms with Crippen LogP contribution in [0.5, 0.6) is 5.75 Å². The third-order valence-corrected chi connectivity index (χ3v) is 4.17. The summed E-state index contributed by atoms with van der Waals surface area (Å²) in [5.41, 5.74) is -0.0145. The molecule has 1 aliphatic rings. The van der Waals surface area contributed by atoms with Gasteiger partial charge in [0.2, 0.25) is 5.91 Å². The third kappa shape index (κ3) is 5.87. The van der Waals surface area contributed by atoms with Crippen molar-refractivity contribution in [3.8, 4) is 5.75 Å². The normalized spacial score (nSPS) is 18.0. The minimum atomic E-state index is -1.17. The summed E-state index contributed by atoms with van der Waals surface area (Å²) in [5.74, 6) is -1.60. The number of ether oxygens (including phenoxy) is 1. The molecule has 1 saturated heterocycles. The van der Waals surface area contributed by atoms with Gasteiger partial charge < -0.3 is 20.3 Å². The molecule has 3 N–H and O–H groups in total. The average molecular weight is 378 g/mol. The average Bonchev–Trinajstić information content (AvgIpc) is 3.04. The Balaban J connectivity index is 2.04. The molecule has 2 amide bonds. The zero-order chi connectivity index (χ0) is 20.2. The second-order valence-corrected chi connectivity index (χ2v) is 7.60. The zero-order valence-electron chi connectivity index (χ0n) is 15.8. The number of nitrogens with zero attached hydrogens (tertiary/aromatic N) is 1. The van der Waals surface area contributed by atoms with Crippen molar-refractivity contribution in [3.05, 3.63) is 29.8 Å². The number of aromatic hydroxyl groups is 1. The van der Waals surface area contributed by atoms with E-state index in [0.29, 0.717) is 24.9 Å². The molecule has 0 aromatic heterocycles. The molecule has 0 saturated carbocycles. The molecule has 2 atom stereocenters. The Morgan fingerprint density at radius 3 is 2.44 bits per heavy atom. The Hall–Kier alpha value is -2.77. The van der Waals surface area contributed by atoms with Crippen LogP contribution in [0.3, 0.4) is 0 Å². The highest BCUT2D eigenvalue weighted by atomic mass is 16.6. The van der Waals surface area contributed by atoms with E-state index in [1.807, 2.05) is 0 Å². The largest absolute Gasteiger partial charge is 0.508 e. The summed E-state index contributed by atoms with van der Waals surface area (Å²) < 4.78 is 5.33. The molecule has 8 nitrogen and oxygen atoms in total. The van der Waals surface area contributed by atoms with E-state index in [-0.39, 0.29) is 12.2 Å². The molecule has 0 radical (unpaired) electrons. The maximum atomic E-state index is 12.6. The summed E-state index contributed by atoms with van der Waals surface area (Å²) in [5, 5.41) is 21.3. The van der Waals surface area contributed by atoms with Gasteiger partial charge in [-0.05, 0) is 51.3 Å². The molecule has 0 aliphatic carbocycles. The molecule has 0 bridgehead atoms.